The molecule has 1 aromatic carbocycles. The summed E-state index contributed by atoms with van der Waals surface area (Å²) in [5.41, 5.74) is -2.07. The molecule has 1 unspecified atom stereocenters. The molecule has 9 heteroatoms. The number of ether oxygens (including phenoxy) is 1. The Labute approximate surface area is 137 Å². The second-order valence-corrected chi connectivity index (χ2v) is 5.60. The van der Waals surface area contributed by atoms with E-state index in [1.165, 1.54) is 0 Å². The van der Waals surface area contributed by atoms with Crippen LogP contribution < -0.4 is 10.3 Å². The first kappa shape index (κ1) is 17.5. The van der Waals surface area contributed by atoms with Crippen LogP contribution in [0, 0.1) is 0 Å². The van der Waals surface area contributed by atoms with Crippen molar-refractivity contribution < 1.29 is 23.0 Å². The molecule has 1 aromatic heterocycles. The fourth-order valence-corrected chi connectivity index (χ4v) is 1.97. The Morgan fingerprint density at radius 3 is 2.52 bits per heavy atom. The van der Waals surface area contributed by atoms with Crippen LogP contribution >= 0.6 is 15.9 Å². The molecule has 0 spiro atoms. The van der Waals surface area contributed by atoms with Crippen LogP contribution in [0.4, 0.5) is 13.2 Å². The van der Waals surface area contributed by atoms with E-state index < -0.39 is 23.4 Å². The van der Waals surface area contributed by atoms with Crippen LogP contribution in [0.1, 0.15) is 5.56 Å². The molecule has 0 aliphatic heterocycles. The van der Waals surface area contributed by atoms with Crippen LogP contribution in [-0.2, 0) is 12.7 Å². The second-order valence-electron chi connectivity index (χ2n) is 4.68. The summed E-state index contributed by atoms with van der Waals surface area (Å²) in [6.45, 7) is -0.399. The molecule has 0 saturated carbocycles. The van der Waals surface area contributed by atoms with Crippen LogP contribution in [0.15, 0.2) is 45.8 Å². The first-order valence-corrected chi connectivity index (χ1v) is 7.26. The minimum Gasteiger partial charge on any atom is -0.491 e. The van der Waals surface area contributed by atoms with Gasteiger partial charge in [-0.05, 0) is 24.3 Å². The smallest absolute Gasteiger partial charge is 0.418 e. The molecule has 1 heterocycles. The van der Waals surface area contributed by atoms with Gasteiger partial charge in [-0.2, -0.15) is 18.3 Å². The molecule has 5 nitrogen and oxygen atoms in total. The third-order valence-electron chi connectivity index (χ3n) is 2.84. The zero-order valence-electron chi connectivity index (χ0n) is 11.6. The number of hydrogen-bond donors (Lipinski definition) is 1. The van der Waals surface area contributed by atoms with Crippen molar-refractivity contribution in [1.29, 1.82) is 0 Å². The zero-order valence-corrected chi connectivity index (χ0v) is 13.2. The van der Waals surface area contributed by atoms with Gasteiger partial charge in [-0.15, -0.1) is 0 Å². The number of hydrogen-bond acceptors (Lipinski definition) is 4. The van der Waals surface area contributed by atoms with Crippen LogP contribution in [0.3, 0.4) is 0 Å². The van der Waals surface area contributed by atoms with E-state index in [1.54, 1.807) is 24.3 Å². The number of nitrogens with zero attached hydrogens (tertiary/aromatic N) is 2. The van der Waals surface area contributed by atoms with E-state index in [0.717, 1.165) is 9.15 Å². The average molecular weight is 393 g/mol. The molecule has 1 atom stereocenters. The minimum absolute atomic E-state index is 0.128. The predicted molar refractivity (Wildman–Crippen MR) is 79.1 cm³/mol. The quantitative estimate of drug-likeness (QED) is 0.848. The summed E-state index contributed by atoms with van der Waals surface area (Å²) >= 11 is 3.27. The summed E-state index contributed by atoms with van der Waals surface area (Å²) in [6, 6.07) is 7.31. The van der Waals surface area contributed by atoms with Crippen molar-refractivity contribution in [3.63, 3.8) is 0 Å². The molecule has 23 heavy (non-hydrogen) atoms. The lowest BCUT2D eigenvalue weighted by atomic mass is 10.3. The standard InChI is InChI=1S/C14H12BrF3N2O3/c15-10-1-3-12(4-2-10)23-8-11(21)7-20-13(22)5-9(6-19-20)14(16,17)18/h1-6,11,21H,7-8H2. The lowest BCUT2D eigenvalue weighted by molar-refractivity contribution is -0.138. The molecular weight excluding hydrogens is 381 g/mol. The number of aliphatic hydroxyl groups is 1. The van der Waals surface area contributed by atoms with Crippen molar-refractivity contribution in [2.75, 3.05) is 6.61 Å². The predicted octanol–water partition coefficient (Wildman–Crippen LogP) is 2.46. The maximum Gasteiger partial charge on any atom is 0.418 e. The van der Waals surface area contributed by atoms with E-state index in [1.807, 2.05) is 0 Å². The molecule has 0 aliphatic carbocycles. The highest BCUT2D eigenvalue weighted by molar-refractivity contribution is 9.10. The SMILES string of the molecule is O=c1cc(C(F)(F)F)cnn1CC(O)COc1ccc(Br)cc1. The number of halogens is 4. The van der Waals surface area contributed by atoms with Crippen LogP contribution in [-0.4, -0.2) is 27.6 Å². The Morgan fingerprint density at radius 2 is 1.96 bits per heavy atom. The summed E-state index contributed by atoms with van der Waals surface area (Å²) < 4.78 is 44.3. The number of rotatable bonds is 5. The first-order chi connectivity index (χ1) is 10.8. The Morgan fingerprint density at radius 1 is 1.30 bits per heavy atom. The van der Waals surface area contributed by atoms with E-state index in [9.17, 15) is 23.1 Å². The fraction of sp³-hybridized carbons (Fsp3) is 0.286. The van der Waals surface area contributed by atoms with Crippen LogP contribution in [0.2, 0.25) is 0 Å². The molecule has 0 fully saturated rings. The Balaban J connectivity index is 1.96. The lowest BCUT2D eigenvalue weighted by Crippen LogP contribution is -2.32. The maximum absolute atomic E-state index is 12.4. The molecule has 1 N–H and O–H groups in total. The highest BCUT2D eigenvalue weighted by Gasteiger charge is 2.31. The Kier molecular flexibility index (Phi) is 5.42. The van der Waals surface area contributed by atoms with Crippen molar-refractivity contribution >= 4 is 15.9 Å². The van der Waals surface area contributed by atoms with Gasteiger partial charge in [-0.1, -0.05) is 15.9 Å². The van der Waals surface area contributed by atoms with Gasteiger partial charge in [-0.25, -0.2) is 4.68 Å². The van der Waals surface area contributed by atoms with Crippen molar-refractivity contribution in [3.05, 3.63) is 56.9 Å². The van der Waals surface area contributed by atoms with Gasteiger partial charge in [0.25, 0.3) is 5.56 Å². The van der Waals surface area contributed by atoms with Gasteiger partial charge in [0.1, 0.15) is 18.5 Å². The van der Waals surface area contributed by atoms with Gasteiger partial charge in [0.05, 0.1) is 18.3 Å². The summed E-state index contributed by atoms with van der Waals surface area (Å²) in [6.07, 6.45) is -5.18. The van der Waals surface area contributed by atoms with E-state index in [-0.39, 0.29) is 13.2 Å². The third kappa shape index (κ3) is 5.07. The van der Waals surface area contributed by atoms with E-state index in [0.29, 0.717) is 18.0 Å². The second kappa shape index (κ2) is 7.14. The van der Waals surface area contributed by atoms with Gasteiger partial charge in [0, 0.05) is 10.5 Å². The minimum atomic E-state index is -4.63. The maximum atomic E-state index is 12.4. The van der Waals surface area contributed by atoms with Gasteiger partial charge in [0.2, 0.25) is 0 Å². The molecule has 124 valence electrons. The fourth-order valence-electron chi connectivity index (χ4n) is 1.70. The average Bonchev–Trinajstić information content (AvgIpc) is 2.48. The van der Waals surface area contributed by atoms with E-state index >= 15 is 0 Å². The van der Waals surface area contributed by atoms with Crippen molar-refractivity contribution in [2.45, 2.75) is 18.8 Å². The van der Waals surface area contributed by atoms with Crippen molar-refractivity contribution in [2.24, 2.45) is 0 Å². The van der Waals surface area contributed by atoms with Crippen LogP contribution in [0.25, 0.3) is 0 Å². The number of aromatic nitrogens is 2. The van der Waals surface area contributed by atoms with E-state index in [4.69, 9.17) is 4.74 Å². The Bertz CT molecular complexity index is 716. The summed E-state index contributed by atoms with van der Waals surface area (Å²) in [5.74, 6) is 0.514. The van der Waals surface area contributed by atoms with Gasteiger partial charge in [0.15, 0.2) is 0 Å². The first-order valence-electron chi connectivity index (χ1n) is 6.46. The summed E-state index contributed by atoms with van der Waals surface area (Å²) in [5, 5.41) is 13.2. The third-order valence-corrected chi connectivity index (χ3v) is 3.37. The van der Waals surface area contributed by atoms with E-state index in [2.05, 4.69) is 21.0 Å². The molecule has 0 aliphatic rings. The van der Waals surface area contributed by atoms with Gasteiger partial charge >= 0.3 is 6.18 Å². The summed E-state index contributed by atoms with van der Waals surface area (Å²) in [4.78, 5) is 11.6. The zero-order chi connectivity index (χ0) is 17.0. The number of alkyl halides is 3. The summed E-state index contributed by atoms with van der Waals surface area (Å²) in [7, 11) is 0. The highest BCUT2D eigenvalue weighted by atomic mass is 79.9. The molecule has 2 rings (SSSR count). The molecule has 0 amide bonds. The molecule has 2 aromatic rings. The van der Waals surface area contributed by atoms with Gasteiger partial charge < -0.3 is 9.84 Å². The van der Waals surface area contributed by atoms with Crippen molar-refractivity contribution in [3.8, 4) is 5.75 Å². The molecule has 0 radical (unpaired) electrons. The normalized spacial score (nSPS) is 12.9. The number of aliphatic hydroxyl groups excluding tert-OH is 1. The Hall–Kier alpha value is -1.87. The lowest BCUT2D eigenvalue weighted by Gasteiger charge is -2.14. The molecular formula is C14H12BrF3N2O3. The van der Waals surface area contributed by atoms with Crippen LogP contribution in [0.5, 0.6) is 5.75 Å². The number of benzene rings is 1. The van der Waals surface area contributed by atoms with Gasteiger partial charge in [-0.3, -0.25) is 4.79 Å². The molecule has 0 saturated heterocycles. The largest absolute Gasteiger partial charge is 0.491 e. The van der Waals surface area contributed by atoms with Crippen molar-refractivity contribution in [1.82, 2.24) is 9.78 Å². The monoisotopic (exact) mass is 392 g/mol. The topological polar surface area (TPSA) is 64.4 Å². The highest BCUT2D eigenvalue weighted by Crippen LogP contribution is 2.27. The molecule has 0 bridgehead atoms.